The summed E-state index contributed by atoms with van der Waals surface area (Å²) in [4.78, 5) is 10.0. The second kappa shape index (κ2) is 4.38. The van der Waals surface area contributed by atoms with E-state index in [-0.39, 0.29) is 14.3 Å². The molecule has 0 amide bonds. The fourth-order valence-corrected chi connectivity index (χ4v) is 0.285. The van der Waals surface area contributed by atoms with Crippen LogP contribution in [0, 0.1) is 5.92 Å². The first-order chi connectivity index (χ1) is 3.55. The van der Waals surface area contributed by atoms with Crippen molar-refractivity contribution >= 4 is 14.4 Å². The Morgan fingerprint density at radius 3 is 1.89 bits per heavy atom. The lowest BCUT2D eigenvalue weighted by Crippen LogP contribution is -2.34. The molecule has 0 spiro atoms. The highest BCUT2D eigenvalue weighted by Gasteiger charge is 2.14. The van der Waals surface area contributed by atoms with Gasteiger partial charge < -0.3 is 10.8 Å². The van der Waals surface area contributed by atoms with Gasteiger partial charge in [-0.2, -0.15) is 0 Å². The van der Waals surface area contributed by atoms with Gasteiger partial charge in [-0.3, -0.25) is 4.79 Å². The highest BCUT2D eigenvalue weighted by molar-refractivity contribution is 5.75. The molecule has 0 saturated heterocycles. The Morgan fingerprint density at radius 1 is 1.56 bits per heavy atom. The Labute approximate surface area is 56.8 Å². The van der Waals surface area contributed by atoms with Crippen LogP contribution in [-0.2, 0) is 4.79 Å². The van der Waals surface area contributed by atoms with Gasteiger partial charge >= 0.3 is 5.97 Å². The Bertz CT molecular complexity index is 95.0. The van der Waals surface area contributed by atoms with Crippen LogP contribution in [-0.4, -0.2) is 25.5 Å². The number of nitrogens with two attached hydrogens (primary N) is 1. The van der Waals surface area contributed by atoms with Crippen LogP contribution in [0.3, 0.4) is 0 Å². The summed E-state index contributed by atoms with van der Waals surface area (Å²) in [6, 6.07) is -0.713. The van der Waals surface area contributed by atoms with Crippen molar-refractivity contribution in [2.24, 2.45) is 11.7 Å². The van der Waals surface area contributed by atoms with Crippen LogP contribution in [0.5, 0.6) is 0 Å². The van der Waals surface area contributed by atoms with Crippen LogP contribution >= 0.6 is 0 Å². The molecular formula is C5H14BNO2. The second-order valence-corrected chi connectivity index (χ2v) is 2.11. The van der Waals surface area contributed by atoms with Gasteiger partial charge in [0.1, 0.15) is 6.04 Å². The Hall–Kier alpha value is -0.505. The molecule has 3 N–H and O–H groups in total. The van der Waals surface area contributed by atoms with E-state index in [1.54, 1.807) is 13.8 Å². The van der Waals surface area contributed by atoms with Gasteiger partial charge in [0, 0.05) is 0 Å². The molecule has 0 aliphatic rings. The number of carboxylic acid groups (broad SMARTS) is 1. The topological polar surface area (TPSA) is 63.3 Å². The van der Waals surface area contributed by atoms with E-state index in [0.29, 0.717) is 0 Å². The van der Waals surface area contributed by atoms with Crippen LogP contribution in [0.25, 0.3) is 0 Å². The molecule has 0 saturated carbocycles. The monoisotopic (exact) mass is 131 g/mol. The normalized spacial score (nSPS) is 12.4. The van der Waals surface area contributed by atoms with Gasteiger partial charge in [0.2, 0.25) is 0 Å². The highest BCUT2D eigenvalue weighted by atomic mass is 16.4. The summed E-state index contributed by atoms with van der Waals surface area (Å²) in [5.74, 6) is -0.910. The third-order valence-electron chi connectivity index (χ3n) is 1.00. The molecule has 0 aliphatic heterocycles. The number of rotatable bonds is 2. The largest absolute Gasteiger partial charge is 0.480 e. The van der Waals surface area contributed by atoms with Crippen molar-refractivity contribution in [3.8, 4) is 0 Å². The van der Waals surface area contributed by atoms with Crippen molar-refractivity contribution in [2.75, 3.05) is 0 Å². The number of hydrogen-bond donors (Lipinski definition) is 2. The molecule has 9 heavy (non-hydrogen) atoms. The number of carboxylic acids is 1. The molecule has 4 heteroatoms. The summed E-state index contributed by atoms with van der Waals surface area (Å²) in [7, 11) is 0. The zero-order valence-electron chi connectivity index (χ0n) is 5.09. The predicted molar refractivity (Wildman–Crippen MR) is 40.4 cm³/mol. The van der Waals surface area contributed by atoms with E-state index >= 15 is 0 Å². The molecule has 0 radical (unpaired) electrons. The van der Waals surface area contributed by atoms with Gasteiger partial charge in [-0.25, -0.2) is 0 Å². The van der Waals surface area contributed by atoms with Crippen LogP contribution in [0.2, 0.25) is 0 Å². The van der Waals surface area contributed by atoms with Crippen LogP contribution < -0.4 is 5.73 Å². The average molecular weight is 131 g/mol. The third-order valence-corrected chi connectivity index (χ3v) is 1.00. The van der Waals surface area contributed by atoms with E-state index < -0.39 is 12.0 Å². The molecule has 1 atom stereocenters. The maximum absolute atomic E-state index is 10.0. The molecule has 54 valence electrons. The molecule has 3 nitrogen and oxygen atoms in total. The van der Waals surface area contributed by atoms with Crippen molar-refractivity contribution in [3.05, 3.63) is 0 Å². The molecule has 0 aromatic rings. The molecule has 0 bridgehead atoms. The smallest absolute Gasteiger partial charge is 0.320 e. The first-order valence-electron chi connectivity index (χ1n) is 2.54. The van der Waals surface area contributed by atoms with E-state index in [1.807, 2.05) is 0 Å². The van der Waals surface area contributed by atoms with Gasteiger partial charge in [-0.15, -0.1) is 0 Å². The summed E-state index contributed by atoms with van der Waals surface area (Å²) in [5, 5.41) is 8.23. The van der Waals surface area contributed by atoms with Gasteiger partial charge in [0.25, 0.3) is 0 Å². The van der Waals surface area contributed by atoms with Crippen molar-refractivity contribution in [1.29, 1.82) is 0 Å². The van der Waals surface area contributed by atoms with Gasteiger partial charge in [-0.05, 0) is 5.92 Å². The second-order valence-electron chi connectivity index (χ2n) is 2.11. The lowest BCUT2D eigenvalue weighted by Gasteiger charge is -2.07. The van der Waals surface area contributed by atoms with E-state index in [2.05, 4.69) is 0 Å². The fraction of sp³-hybridized carbons (Fsp3) is 0.800. The minimum Gasteiger partial charge on any atom is -0.480 e. The maximum Gasteiger partial charge on any atom is 0.320 e. The minimum atomic E-state index is -0.931. The summed E-state index contributed by atoms with van der Waals surface area (Å²) in [5.41, 5.74) is 5.16. The van der Waals surface area contributed by atoms with Crippen molar-refractivity contribution in [1.82, 2.24) is 0 Å². The van der Waals surface area contributed by atoms with Crippen molar-refractivity contribution in [3.63, 3.8) is 0 Å². The minimum absolute atomic E-state index is 0. The van der Waals surface area contributed by atoms with E-state index in [4.69, 9.17) is 10.8 Å². The predicted octanol–water partition coefficient (Wildman–Crippen LogP) is -1.13. The third kappa shape index (κ3) is 4.03. The highest BCUT2D eigenvalue weighted by Crippen LogP contribution is 1.96. The van der Waals surface area contributed by atoms with Crippen molar-refractivity contribution in [2.45, 2.75) is 19.9 Å². The molecule has 0 heterocycles. The van der Waals surface area contributed by atoms with E-state index in [0.717, 1.165) is 0 Å². The molecule has 0 rings (SSSR count). The fourth-order valence-electron chi connectivity index (χ4n) is 0.285. The van der Waals surface area contributed by atoms with Gasteiger partial charge in [-0.1, -0.05) is 13.8 Å². The molecular weight excluding hydrogens is 117 g/mol. The average Bonchev–Trinajstić information content (AvgIpc) is 1.64. The first-order valence-corrected chi connectivity index (χ1v) is 2.54. The van der Waals surface area contributed by atoms with Gasteiger partial charge in [0.05, 0.1) is 8.41 Å². The lowest BCUT2D eigenvalue weighted by atomic mass is 10.1. The van der Waals surface area contributed by atoms with E-state index in [9.17, 15) is 4.79 Å². The summed E-state index contributed by atoms with van der Waals surface area (Å²) < 4.78 is 0. The van der Waals surface area contributed by atoms with Gasteiger partial charge in [0.15, 0.2) is 0 Å². The zero-order valence-corrected chi connectivity index (χ0v) is 5.09. The number of hydrogen-bond acceptors (Lipinski definition) is 2. The first kappa shape index (κ1) is 11.3. The number of aliphatic carboxylic acids is 1. The summed E-state index contributed by atoms with van der Waals surface area (Å²) in [6.07, 6.45) is 0. The maximum atomic E-state index is 10.0. The molecule has 0 aliphatic carbocycles. The SMILES string of the molecule is B.CC(C)C(N)C(=O)O. The molecule has 0 aromatic heterocycles. The molecule has 1 unspecified atom stereocenters. The molecule has 0 aromatic carbocycles. The summed E-state index contributed by atoms with van der Waals surface area (Å²) in [6.45, 7) is 3.55. The van der Waals surface area contributed by atoms with Crippen molar-refractivity contribution < 1.29 is 9.90 Å². The van der Waals surface area contributed by atoms with Crippen LogP contribution in [0.1, 0.15) is 13.8 Å². The van der Waals surface area contributed by atoms with Crippen LogP contribution in [0.4, 0.5) is 0 Å². The quantitative estimate of drug-likeness (QED) is 0.466. The summed E-state index contributed by atoms with van der Waals surface area (Å²) >= 11 is 0. The van der Waals surface area contributed by atoms with E-state index in [1.165, 1.54) is 0 Å². The Kier molecular flexibility index (Phi) is 5.51. The van der Waals surface area contributed by atoms with Crippen LogP contribution in [0.15, 0.2) is 0 Å². The standard InChI is InChI=1S/C5H11NO2.BH3/c1-3(2)4(6)5(7)8;/h3-4H,6H2,1-2H3,(H,7,8);1H3. The zero-order chi connectivity index (χ0) is 6.73. The number of carbonyl (C=O) groups is 1. The Morgan fingerprint density at radius 2 is 1.89 bits per heavy atom. The lowest BCUT2D eigenvalue weighted by molar-refractivity contribution is -0.139. The molecule has 0 fully saturated rings. The Balaban J connectivity index is 0.